The normalized spacial score (nSPS) is 13.5. The second-order valence-corrected chi connectivity index (χ2v) is 12.2. The number of carbonyl (C=O) groups excluding carboxylic acids is 1. The van der Waals surface area contributed by atoms with Gasteiger partial charge in [0.05, 0.1) is 0 Å². The minimum absolute atomic E-state index is 0.127. The SMILES string of the molecule is CCCP(CC)(CC)(CCOCC)OC(=O)CCOCCOCC. The molecule has 6 heteroatoms. The van der Waals surface area contributed by atoms with Crippen LogP contribution in [0.15, 0.2) is 0 Å². The fourth-order valence-corrected chi connectivity index (χ4v) is 7.81. The molecule has 0 heterocycles. The van der Waals surface area contributed by atoms with Gasteiger partial charge in [0.2, 0.25) is 0 Å². The van der Waals surface area contributed by atoms with Gasteiger partial charge >= 0.3 is 148 Å². The van der Waals surface area contributed by atoms with Crippen LogP contribution in [-0.4, -0.2) is 70.3 Å². The molecule has 0 bridgehead atoms. The average Bonchev–Trinajstić information content (AvgIpc) is 2.58. The summed E-state index contributed by atoms with van der Waals surface area (Å²) < 4.78 is 22.5. The van der Waals surface area contributed by atoms with Gasteiger partial charge in [0.15, 0.2) is 0 Å². The number of rotatable bonds is 16. The maximum atomic E-state index is 12.4. The summed E-state index contributed by atoms with van der Waals surface area (Å²) >= 11 is 0. The molecular formula is C18H39O5P. The van der Waals surface area contributed by atoms with Gasteiger partial charge < -0.3 is 0 Å². The molecule has 24 heavy (non-hydrogen) atoms. The number of hydrogen-bond acceptors (Lipinski definition) is 5. The van der Waals surface area contributed by atoms with E-state index in [0.717, 1.165) is 31.1 Å². The van der Waals surface area contributed by atoms with Crippen molar-refractivity contribution < 1.29 is 23.5 Å². The van der Waals surface area contributed by atoms with Gasteiger partial charge in [-0.15, -0.1) is 0 Å². The van der Waals surface area contributed by atoms with E-state index in [9.17, 15) is 4.79 Å². The molecule has 0 aliphatic heterocycles. The molecule has 0 fully saturated rings. The molecule has 0 aliphatic carbocycles. The second-order valence-electron chi connectivity index (χ2n) is 6.16. The van der Waals surface area contributed by atoms with Crippen molar-refractivity contribution in [2.45, 2.75) is 47.5 Å². The van der Waals surface area contributed by atoms with Gasteiger partial charge in [-0.3, -0.25) is 0 Å². The molecule has 0 saturated heterocycles. The van der Waals surface area contributed by atoms with Crippen LogP contribution >= 0.6 is 6.83 Å². The molecule has 0 aromatic rings. The van der Waals surface area contributed by atoms with Gasteiger partial charge in [-0.2, -0.15) is 0 Å². The quantitative estimate of drug-likeness (QED) is 0.306. The number of carbonyl (C=O) groups is 1. The Bertz CT molecular complexity index is 331. The molecule has 0 N–H and O–H groups in total. The summed E-state index contributed by atoms with van der Waals surface area (Å²) in [4.78, 5) is 12.4. The van der Waals surface area contributed by atoms with Gasteiger partial charge in [0.1, 0.15) is 0 Å². The molecule has 146 valence electrons. The molecule has 0 radical (unpaired) electrons. The molecular weight excluding hydrogens is 327 g/mol. The van der Waals surface area contributed by atoms with Crippen LogP contribution in [0.5, 0.6) is 0 Å². The van der Waals surface area contributed by atoms with Crippen LogP contribution in [0.25, 0.3) is 0 Å². The van der Waals surface area contributed by atoms with Crippen LogP contribution < -0.4 is 0 Å². The zero-order valence-corrected chi connectivity index (χ0v) is 17.4. The van der Waals surface area contributed by atoms with Gasteiger partial charge in [-0.05, 0) is 0 Å². The molecule has 0 atom stereocenters. The van der Waals surface area contributed by atoms with Crippen molar-refractivity contribution in [3.63, 3.8) is 0 Å². The van der Waals surface area contributed by atoms with Gasteiger partial charge in [0, 0.05) is 0 Å². The fourth-order valence-electron chi connectivity index (χ4n) is 3.05. The van der Waals surface area contributed by atoms with E-state index in [2.05, 4.69) is 20.8 Å². The van der Waals surface area contributed by atoms with E-state index in [1.807, 2.05) is 13.8 Å². The zero-order valence-electron chi connectivity index (χ0n) is 16.5. The molecule has 0 aliphatic rings. The van der Waals surface area contributed by atoms with E-state index < -0.39 is 6.83 Å². The summed E-state index contributed by atoms with van der Waals surface area (Å²) in [6.45, 7) is 11.5. The van der Waals surface area contributed by atoms with Crippen LogP contribution in [0, 0.1) is 0 Å². The first-order valence-corrected chi connectivity index (χ1v) is 12.4. The average molecular weight is 366 g/mol. The Morgan fingerprint density at radius 3 is 1.88 bits per heavy atom. The summed E-state index contributed by atoms with van der Waals surface area (Å²) in [5.74, 6) is -0.127. The fraction of sp³-hybridized carbons (Fsp3) is 0.944. The number of hydrogen-bond donors (Lipinski definition) is 0. The Morgan fingerprint density at radius 2 is 1.33 bits per heavy atom. The zero-order chi connectivity index (χ0) is 18.3. The Morgan fingerprint density at radius 1 is 0.750 bits per heavy atom. The molecule has 0 amide bonds. The predicted molar refractivity (Wildman–Crippen MR) is 103 cm³/mol. The van der Waals surface area contributed by atoms with Crippen LogP contribution in [-0.2, 0) is 23.5 Å². The Balaban J connectivity index is 4.64. The van der Waals surface area contributed by atoms with Crippen molar-refractivity contribution in [1.29, 1.82) is 0 Å². The van der Waals surface area contributed by atoms with E-state index in [1.54, 1.807) is 0 Å². The Hall–Kier alpha value is -0.220. The number of ether oxygens (including phenoxy) is 3. The summed E-state index contributed by atoms with van der Waals surface area (Å²) in [6.07, 6.45) is 5.06. The van der Waals surface area contributed by atoms with Crippen LogP contribution in [0.2, 0.25) is 0 Å². The van der Waals surface area contributed by atoms with Gasteiger partial charge in [-0.1, -0.05) is 0 Å². The van der Waals surface area contributed by atoms with E-state index in [4.69, 9.17) is 18.7 Å². The molecule has 0 rings (SSSR count). The van der Waals surface area contributed by atoms with E-state index >= 15 is 0 Å². The monoisotopic (exact) mass is 366 g/mol. The third-order valence-corrected chi connectivity index (χ3v) is 11.6. The maximum absolute atomic E-state index is 12.4. The Labute approximate surface area is 148 Å². The first-order valence-electron chi connectivity index (χ1n) is 9.48. The second kappa shape index (κ2) is 13.0. The minimum atomic E-state index is -2.52. The van der Waals surface area contributed by atoms with E-state index in [-0.39, 0.29) is 5.97 Å². The van der Waals surface area contributed by atoms with Crippen LogP contribution in [0.1, 0.15) is 47.5 Å². The molecule has 0 aromatic heterocycles. The van der Waals surface area contributed by atoms with Gasteiger partial charge in [0.25, 0.3) is 0 Å². The standard InChI is InChI=1S/C18H39O5P/c1-6-16-24(9-4,10-5,17-15-21-8-3)23-18(19)11-12-22-14-13-20-7-2/h6-17H2,1-5H3. The molecule has 0 saturated carbocycles. The first kappa shape index (κ1) is 23.8. The molecule has 0 spiro atoms. The molecule has 0 aromatic carbocycles. The topological polar surface area (TPSA) is 54.0 Å². The van der Waals surface area contributed by atoms with Crippen molar-refractivity contribution in [2.24, 2.45) is 0 Å². The van der Waals surface area contributed by atoms with Crippen LogP contribution in [0.4, 0.5) is 0 Å². The van der Waals surface area contributed by atoms with E-state index in [0.29, 0.717) is 46.1 Å². The third-order valence-electron chi connectivity index (χ3n) is 4.78. The van der Waals surface area contributed by atoms with Crippen molar-refractivity contribution in [1.82, 2.24) is 0 Å². The van der Waals surface area contributed by atoms with Gasteiger partial charge in [-0.25, -0.2) is 0 Å². The predicted octanol–water partition coefficient (Wildman–Crippen LogP) is 3.93. The van der Waals surface area contributed by atoms with E-state index in [1.165, 1.54) is 0 Å². The third kappa shape index (κ3) is 8.24. The first-order chi connectivity index (χ1) is 11.5. The summed E-state index contributed by atoms with van der Waals surface area (Å²) in [5, 5.41) is 0. The van der Waals surface area contributed by atoms with Crippen LogP contribution in [0.3, 0.4) is 0 Å². The molecule has 0 unspecified atom stereocenters. The summed E-state index contributed by atoms with van der Waals surface area (Å²) in [5.41, 5.74) is 0. The molecule has 5 nitrogen and oxygen atoms in total. The summed E-state index contributed by atoms with van der Waals surface area (Å²) in [6, 6.07) is 0. The van der Waals surface area contributed by atoms with Crippen molar-refractivity contribution in [2.75, 3.05) is 64.3 Å². The van der Waals surface area contributed by atoms with Crippen molar-refractivity contribution in [3.05, 3.63) is 0 Å². The Kier molecular flexibility index (Phi) is 12.9. The van der Waals surface area contributed by atoms with Crippen molar-refractivity contribution in [3.8, 4) is 0 Å². The summed E-state index contributed by atoms with van der Waals surface area (Å²) in [7, 11) is 0. The van der Waals surface area contributed by atoms with Crippen molar-refractivity contribution >= 4 is 12.8 Å².